The summed E-state index contributed by atoms with van der Waals surface area (Å²) in [7, 11) is 1.62. The van der Waals surface area contributed by atoms with Gasteiger partial charge in [0.2, 0.25) is 17.8 Å². The van der Waals surface area contributed by atoms with Crippen LogP contribution >= 0.6 is 0 Å². The molecule has 0 saturated carbocycles. The van der Waals surface area contributed by atoms with E-state index in [-0.39, 0.29) is 29.7 Å². The van der Waals surface area contributed by atoms with E-state index in [4.69, 9.17) is 0 Å². The van der Waals surface area contributed by atoms with Crippen molar-refractivity contribution in [3.63, 3.8) is 0 Å². The molecule has 0 spiro atoms. The average Bonchev–Trinajstić information content (AvgIpc) is 2.84. The van der Waals surface area contributed by atoms with Crippen LogP contribution in [-0.2, 0) is 9.59 Å². The molecule has 2 atom stereocenters. The number of rotatable bonds is 6. The Kier molecular flexibility index (Phi) is 7.40. The third kappa shape index (κ3) is 5.99. The molecule has 4 rings (SSSR count). The van der Waals surface area contributed by atoms with Gasteiger partial charge in [-0.1, -0.05) is 0 Å². The molecule has 1 aromatic heterocycles. The summed E-state index contributed by atoms with van der Waals surface area (Å²) in [5.74, 6) is 0.149. The van der Waals surface area contributed by atoms with E-state index < -0.39 is 0 Å². The number of piperidine rings is 1. The smallest absolute Gasteiger partial charge is 0.245 e. The zero-order valence-corrected chi connectivity index (χ0v) is 18.6. The number of hydrogen-bond donors (Lipinski definition) is 3. The zero-order chi connectivity index (χ0) is 23.2. The number of amides is 2. The van der Waals surface area contributed by atoms with Crippen LogP contribution in [0.2, 0.25) is 0 Å². The van der Waals surface area contributed by atoms with Crippen molar-refractivity contribution in [2.45, 2.75) is 24.9 Å². The minimum atomic E-state index is -0.299. The van der Waals surface area contributed by atoms with Crippen molar-refractivity contribution in [1.82, 2.24) is 36.0 Å². The molecule has 3 heterocycles. The number of nitrogens with zero attached hydrogens (tertiary/aromatic N) is 5. The first-order valence-corrected chi connectivity index (χ1v) is 11.2. The van der Waals surface area contributed by atoms with Crippen molar-refractivity contribution in [1.29, 1.82) is 0 Å². The monoisotopic (exact) mass is 456 g/mol. The Balaban J connectivity index is 1.26. The van der Waals surface area contributed by atoms with Crippen LogP contribution in [0, 0.1) is 5.82 Å². The Morgan fingerprint density at radius 3 is 2.67 bits per heavy atom. The summed E-state index contributed by atoms with van der Waals surface area (Å²) >= 11 is 0. The number of halogens is 1. The SMILES string of the molecule is CNC(=O)[C@H]1C[C@@H](NC(=O)CN2CCN(c3nncc(-c4ccc(F)cc4)n3)CC2)CCN1. The molecule has 1 aromatic carbocycles. The fourth-order valence-corrected chi connectivity index (χ4v) is 4.19. The third-order valence-corrected chi connectivity index (χ3v) is 6.04. The number of carbonyl (C=O) groups excluding carboxylic acids is 2. The van der Waals surface area contributed by atoms with Crippen molar-refractivity contribution in [2.24, 2.45) is 0 Å². The Hall–Kier alpha value is -3.18. The summed E-state index contributed by atoms with van der Waals surface area (Å²) in [5.41, 5.74) is 1.42. The molecule has 10 nitrogen and oxygen atoms in total. The van der Waals surface area contributed by atoms with Crippen LogP contribution in [0.25, 0.3) is 11.3 Å². The van der Waals surface area contributed by atoms with Crippen LogP contribution < -0.4 is 20.9 Å². The second-order valence-corrected chi connectivity index (χ2v) is 8.32. The highest BCUT2D eigenvalue weighted by atomic mass is 19.1. The van der Waals surface area contributed by atoms with Crippen molar-refractivity contribution >= 4 is 17.8 Å². The first-order valence-electron chi connectivity index (χ1n) is 11.2. The van der Waals surface area contributed by atoms with E-state index in [1.807, 2.05) is 4.90 Å². The minimum absolute atomic E-state index is 0.00369. The van der Waals surface area contributed by atoms with Crippen LogP contribution in [0.15, 0.2) is 30.5 Å². The summed E-state index contributed by atoms with van der Waals surface area (Å²) < 4.78 is 13.2. The molecule has 2 amide bonds. The van der Waals surface area contributed by atoms with Crippen LogP contribution in [0.3, 0.4) is 0 Å². The predicted molar refractivity (Wildman–Crippen MR) is 121 cm³/mol. The molecule has 0 radical (unpaired) electrons. The summed E-state index contributed by atoms with van der Waals surface area (Å²) in [6.45, 7) is 3.76. The van der Waals surface area contributed by atoms with E-state index in [2.05, 4.69) is 36.0 Å². The van der Waals surface area contributed by atoms with Crippen molar-refractivity contribution < 1.29 is 14.0 Å². The van der Waals surface area contributed by atoms with Gasteiger partial charge in [0.05, 0.1) is 24.5 Å². The lowest BCUT2D eigenvalue weighted by Gasteiger charge is -2.35. The maximum atomic E-state index is 13.2. The number of anilines is 1. The summed E-state index contributed by atoms with van der Waals surface area (Å²) in [5, 5.41) is 17.1. The number of hydrogen-bond acceptors (Lipinski definition) is 8. The number of nitrogens with one attached hydrogen (secondary N) is 3. The van der Waals surface area contributed by atoms with Gasteiger partial charge in [-0.3, -0.25) is 14.5 Å². The van der Waals surface area contributed by atoms with Gasteiger partial charge in [-0.25, -0.2) is 9.37 Å². The highest BCUT2D eigenvalue weighted by Gasteiger charge is 2.28. The number of aromatic nitrogens is 3. The molecule has 0 aliphatic carbocycles. The lowest BCUT2D eigenvalue weighted by molar-refractivity contribution is -0.126. The highest BCUT2D eigenvalue weighted by molar-refractivity contribution is 5.82. The summed E-state index contributed by atoms with van der Waals surface area (Å²) in [4.78, 5) is 33.1. The normalized spacial score (nSPS) is 21.5. The fourth-order valence-electron chi connectivity index (χ4n) is 4.19. The third-order valence-electron chi connectivity index (χ3n) is 6.04. The molecule has 2 aliphatic rings. The topological polar surface area (TPSA) is 115 Å². The maximum Gasteiger partial charge on any atom is 0.245 e. The summed E-state index contributed by atoms with van der Waals surface area (Å²) in [6, 6.07) is 5.85. The largest absolute Gasteiger partial charge is 0.358 e. The number of likely N-dealkylation sites (N-methyl/N-ethyl adjacent to an activating group) is 1. The number of piperazine rings is 1. The average molecular weight is 457 g/mol. The van der Waals surface area contributed by atoms with Crippen molar-refractivity contribution in [3.05, 3.63) is 36.3 Å². The molecular formula is C22H29FN8O2. The molecule has 2 fully saturated rings. The van der Waals surface area contributed by atoms with E-state index in [1.54, 1.807) is 25.4 Å². The van der Waals surface area contributed by atoms with E-state index in [9.17, 15) is 14.0 Å². The maximum absolute atomic E-state index is 13.2. The molecule has 176 valence electrons. The van der Waals surface area contributed by atoms with Gasteiger partial charge in [0.1, 0.15) is 5.82 Å². The van der Waals surface area contributed by atoms with Gasteiger partial charge in [-0.05, 0) is 43.7 Å². The predicted octanol–water partition coefficient (Wildman–Crippen LogP) is -0.217. The standard InChI is InChI=1S/C22H29FN8O2/c1-24-21(33)18-12-17(6-7-25-18)27-20(32)14-30-8-10-31(11-9-30)22-28-19(13-26-29-22)15-2-4-16(23)5-3-15/h2-5,13,17-18,25H,6-12,14H2,1H3,(H,24,33)(H,27,32)/t17-,18+/m0/s1. The Bertz CT molecular complexity index is 965. The van der Waals surface area contributed by atoms with Gasteiger partial charge < -0.3 is 20.9 Å². The van der Waals surface area contributed by atoms with E-state index in [0.717, 1.165) is 12.0 Å². The molecule has 0 unspecified atom stereocenters. The molecule has 11 heteroatoms. The van der Waals surface area contributed by atoms with Crippen LogP contribution in [0.4, 0.5) is 10.3 Å². The van der Waals surface area contributed by atoms with Gasteiger partial charge >= 0.3 is 0 Å². The fraction of sp³-hybridized carbons (Fsp3) is 0.500. The van der Waals surface area contributed by atoms with Gasteiger partial charge in [0, 0.05) is 44.8 Å². The molecule has 33 heavy (non-hydrogen) atoms. The lowest BCUT2D eigenvalue weighted by atomic mass is 9.98. The first kappa shape index (κ1) is 23.0. The van der Waals surface area contributed by atoms with Gasteiger partial charge in [-0.2, -0.15) is 5.10 Å². The van der Waals surface area contributed by atoms with Crippen molar-refractivity contribution in [3.8, 4) is 11.3 Å². The van der Waals surface area contributed by atoms with E-state index in [0.29, 0.717) is 57.3 Å². The Morgan fingerprint density at radius 2 is 1.94 bits per heavy atom. The van der Waals surface area contributed by atoms with Gasteiger partial charge in [0.15, 0.2) is 0 Å². The second-order valence-electron chi connectivity index (χ2n) is 8.32. The van der Waals surface area contributed by atoms with Crippen LogP contribution in [-0.4, -0.2) is 90.3 Å². The van der Waals surface area contributed by atoms with Crippen molar-refractivity contribution in [2.75, 3.05) is 51.2 Å². The first-order chi connectivity index (χ1) is 16.0. The molecule has 3 N–H and O–H groups in total. The second kappa shape index (κ2) is 10.6. The number of benzene rings is 1. The van der Waals surface area contributed by atoms with E-state index >= 15 is 0 Å². The van der Waals surface area contributed by atoms with Crippen LogP contribution in [0.1, 0.15) is 12.8 Å². The number of carbonyl (C=O) groups is 2. The molecular weight excluding hydrogens is 427 g/mol. The zero-order valence-electron chi connectivity index (χ0n) is 18.6. The van der Waals surface area contributed by atoms with E-state index in [1.165, 1.54) is 12.1 Å². The van der Waals surface area contributed by atoms with Gasteiger partial charge in [-0.15, -0.1) is 5.10 Å². The minimum Gasteiger partial charge on any atom is -0.358 e. The molecule has 2 aromatic rings. The van der Waals surface area contributed by atoms with Gasteiger partial charge in [0.25, 0.3) is 0 Å². The Labute approximate surface area is 192 Å². The van der Waals surface area contributed by atoms with Crippen LogP contribution in [0.5, 0.6) is 0 Å². The molecule has 0 bridgehead atoms. The summed E-state index contributed by atoms with van der Waals surface area (Å²) in [6.07, 6.45) is 2.96. The molecule has 2 aliphatic heterocycles. The highest BCUT2D eigenvalue weighted by Crippen LogP contribution is 2.19. The lowest BCUT2D eigenvalue weighted by Crippen LogP contribution is -2.55. The quantitative estimate of drug-likeness (QED) is 0.547. The Morgan fingerprint density at radius 1 is 1.18 bits per heavy atom. The molecule has 2 saturated heterocycles.